The maximum atomic E-state index is 12.4. The van der Waals surface area contributed by atoms with Gasteiger partial charge in [0.2, 0.25) is 0 Å². The van der Waals surface area contributed by atoms with Gasteiger partial charge in [0.25, 0.3) is 0 Å². The number of allylic oxidation sites excluding steroid dienone is 3. The molecule has 1 unspecified atom stereocenters. The van der Waals surface area contributed by atoms with E-state index in [1.807, 2.05) is 12.2 Å². The standard InChI is InChI=1S/C44H78O8/c1-4-6-21-27-37(46)31-32-40-39(41(47)33-42(40)48)28-23-19-20-24-29-43(49)51-35-38(34-45)52-44(50)30-25-18-16-14-12-10-8-7-9-11-13-15-17-22-26-36(3)5-2/h19,23,31-32,36-41,45-47H,4-18,20-22,24-30,33-35H2,1-3H3/b23-19-,32-31+/t36?,37-,38-,39+,40+,41-/m0/s1. The maximum Gasteiger partial charge on any atom is 0.306 e. The van der Waals surface area contributed by atoms with Crippen molar-refractivity contribution in [3.05, 3.63) is 24.3 Å². The van der Waals surface area contributed by atoms with E-state index in [1.165, 1.54) is 83.5 Å². The smallest absolute Gasteiger partial charge is 0.306 e. The molecule has 1 aliphatic carbocycles. The number of hydrogen-bond donors (Lipinski definition) is 3. The van der Waals surface area contributed by atoms with Gasteiger partial charge in [-0.25, -0.2) is 0 Å². The highest BCUT2D eigenvalue weighted by atomic mass is 16.6. The van der Waals surface area contributed by atoms with Crippen LogP contribution in [0.5, 0.6) is 0 Å². The fourth-order valence-corrected chi connectivity index (χ4v) is 6.92. The van der Waals surface area contributed by atoms with Crippen LogP contribution in [0, 0.1) is 17.8 Å². The van der Waals surface area contributed by atoms with Gasteiger partial charge in [-0.15, -0.1) is 0 Å². The van der Waals surface area contributed by atoms with E-state index in [1.54, 1.807) is 12.2 Å². The SMILES string of the molecule is CCCCC[C@H](O)/C=C/[C@H]1C(=O)C[C@H](O)[C@@H]1C/C=C\CCCC(=O)OC[C@H](CO)OC(=O)CCCCCCCCCCCCCCCCC(C)CC. The summed E-state index contributed by atoms with van der Waals surface area (Å²) in [4.78, 5) is 36.9. The zero-order valence-corrected chi connectivity index (χ0v) is 33.5. The predicted molar refractivity (Wildman–Crippen MR) is 211 cm³/mol. The summed E-state index contributed by atoms with van der Waals surface area (Å²) in [5, 5.41) is 30.2. The van der Waals surface area contributed by atoms with Gasteiger partial charge in [0.05, 0.1) is 18.8 Å². The number of carbonyl (C=O) groups is 3. The lowest BCUT2D eigenvalue weighted by Crippen LogP contribution is -2.28. The molecule has 0 amide bonds. The molecule has 1 fully saturated rings. The first-order valence-electron chi connectivity index (χ1n) is 21.4. The van der Waals surface area contributed by atoms with Crippen molar-refractivity contribution in [2.45, 2.75) is 206 Å². The van der Waals surface area contributed by atoms with Crippen LogP contribution in [-0.2, 0) is 23.9 Å². The van der Waals surface area contributed by atoms with Gasteiger partial charge in [0.15, 0.2) is 6.10 Å². The Balaban J connectivity index is 2.07. The predicted octanol–water partition coefficient (Wildman–Crippen LogP) is 9.90. The van der Waals surface area contributed by atoms with Crippen LogP contribution in [-0.4, -0.2) is 64.6 Å². The number of unbranched alkanes of at least 4 members (excludes halogenated alkanes) is 16. The van der Waals surface area contributed by atoms with Gasteiger partial charge < -0.3 is 24.8 Å². The van der Waals surface area contributed by atoms with E-state index < -0.39 is 36.8 Å². The van der Waals surface area contributed by atoms with Crippen molar-refractivity contribution in [1.29, 1.82) is 0 Å². The number of carbonyl (C=O) groups excluding carboxylic acids is 3. The molecule has 8 heteroatoms. The van der Waals surface area contributed by atoms with E-state index in [9.17, 15) is 29.7 Å². The summed E-state index contributed by atoms with van der Waals surface area (Å²) >= 11 is 0. The Bertz CT molecular complexity index is 962. The lowest BCUT2D eigenvalue weighted by molar-refractivity contribution is -0.161. The van der Waals surface area contributed by atoms with E-state index in [0.717, 1.165) is 44.4 Å². The number of Topliss-reactive ketones (excluding diaryl/α,β-unsaturated/α-hetero) is 1. The molecule has 0 aliphatic heterocycles. The van der Waals surface area contributed by atoms with Crippen molar-refractivity contribution in [3.63, 3.8) is 0 Å². The average molecular weight is 735 g/mol. The molecule has 0 heterocycles. The summed E-state index contributed by atoms with van der Waals surface area (Å²) in [6, 6.07) is 0. The molecule has 1 rings (SSSR count). The number of ether oxygens (including phenoxy) is 2. The quantitative estimate of drug-likeness (QED) is 0.0338. The minimum absolute atomic E-state index is 0.00256. The van der Waals surface area contributed by atoms with Crippen LogP contribution >= 0.6 is 0 Å². The molecule has 0 aromatic carbocycles. The van der Waals surface area contributed by atoms with Gasteiger partial charge >= 0.3 is 11.9 Å². The second-order valence-electron chi connectivity index (χ2n) is 15.5. The second kappa shape index (κ2) is 32.4. The first-order valence-corrected chi connectivity index (χ1v) is 21.4. The van der Waals surface area contributed by atoms with Gasteiger partial charge in [-0.05, 0) is 38.0 Å². The van der Waals surface area contributed by atoms with E-state index in [0.29, 0.717) is 32.1 Å². The third kappa shape index (κ3) is 25.1. The van der Waals surface area contributed by atoms with Gasteiger partial charge in [-0.1, -0.05) is 161 Å². The molecule has 0 saturated heterocycles. The van der Waals surface area contributed by atoms with Crippen molar-refractivity contribution in [3.8, 4) is 0 Å². The normalized spacial score (nSPS) is 19.4. The van der Waals surface area contributed by atoms with E-state index >= 15 is 0 Å². The average Bonchev–Trinajstić information content (AvgIpc) is 3.40. The highest BCUT2D eigenvalue weighted by Crippen LogP contribution is 2.33. The lowest BCUT2D eigenvalue weighted by Gasteiger charge is -2.17. The second-order valence-corrected chi connectivity index (χ2v) is 15.5. The highest BCUT2D eigenvalue weighted by Gasteiger charge is 2.39. The molecule has 3 N–H and O–H groups in total. The minimum atomic E-state index is -0.856. The summed E-state index contributed by atoms with van der Waals surface area (Å²) in [7, 11) is 0. The molecule has 0 bridgehead atoms. The summed E-state index contributed by atoms with van der Waals surface area (Å²) in [6.07, 6.45) is 31.7. The third-order valence-electron chi connectivity index (χ3n) is 10.7. The Morgan fingerprint density at radius 3 is 1.96 bits per heavy atom. The van der Waals surface area contributed by atoms with E-state index in [-0.39, 0.29) is 37.1 Å². The molecular weight excluding hydrogens is 656 g/mol. The molecule has 52 heavy (non-hydrogen) atoms. The van der Waals surface area contributed by atoms with Crippen molar-refractivity contribution in [2.24, 2.45) is 17.8 Å². The summed E-state index contributed by atoms with van der Waals surface area (Å²) in [5.74, 6) is -0.507. The van der Waals surface area contributed by atoms with Crippen LogP contribution in [0.25, 0.3) is 0 Å². The Morgan fingerprint density at radius 1 is 0.788 bits per heavy atom. The number of ketones is 1. The number of rotatable bonds is 34. The molecule has 0 aromatic heterocycles. The van der Waals surface area contributed by atoms with Crippen LogP contribution in [0.1, 0.15) is 188 Å². The highest BCUT2D eigenvalue weighted by molar-refractivity contribution is 5.86. The monoisotopic (exact) mass is 735 g/mol. The molecular formula is C44H78O8. The zero-order valence-electron chi connectivity index (χ0n) is 33.5. The lowest BCUT2D eigenvalue weighted by atomic mass is 9.90. The van der Waals surface area contributed by atoms with Crippen LogP contribution in [0.3, 0.4) is 0 Å². The number of aliphatic hydroxyl groups excluding tert-OH is 3. The Hall–Kier alpha value is -2.03. The van der Waals surface area contributed by atoms with Gasteiger partial charge in [-0.3, -0.25) is 14.4 Å². The minimum Gasteiger partial charge on any atom is -0.462 e. The Morgan fingerprint density at radius 2 is 1.37 bits per heavy atom. The van der Waals surface area contributed by atoms with Crippen LogP contribution < -0.4 is 0 Å². The van der Waals surface area contributed by atoms with Crippen molar-refractivity contribution >= 4 is 17.7 Å². The fourth-order valence-electron chi connectivity index (χ4n) is 6.92. The summed E-state index contributed by atoms with van der Waals surface area (Å²) in [5.41, 5.74) is 0. The molecule has 1 aliphatic rings. The Kier molecular flexibility index (Phi) is 29.9. The van der Waals surface area contributed by atoms with Crippen LogP contribution in [0.4, 0.5) is 0 Å². The molecule has 0 aromatic rings. The number of hydrogen-bond acceptors (Lipinski definition) is 8. The molecule has 8 nitrogen and oxygen atoms in total. The largest absolute Gasteiger partial charge is 0.462 e. The van der Waals surface area contributed by atoms with E-state index in [2.05, 4.69) is 20.8 Å². The zero-order chi connectivity index (χ0) is 38.2. The van der Waals surface area contributed by atoms with Crippen molar-refractivity contribution in [2.75, 3.05) is 13.2 Å². The molecule has 6 atom stereocenters. The van der Waals surface area contributed by atoms with Crippen LogP contribution in [0.2, 0.25) is 0 Å². The third-order valence-corrected chi connectivity index (χ3v) is 10.7. The van der Waals surface area contributed by atoms with Crippen molar-refractivity contribution < 1.29 is 39.2 Å². The van der Waals surface area contributed by atoms with E-state index in [4.69, 9.17) is 9.47 Å². The first-order chi connectivity index (χ1) is 25.2. The first kappa shape index (κ1) is 48.0. The molecule has 1 saturated carbocycles. The summed E-state index contributed by atoms with van der Waals surface area (Å²) in [6.45, 7) is 6.20. The number of aliphatic hydroxyl groups is 3. The molecule has 0 radical (unpaired) electrons. The fraction of sp³-hybridized carbons (Fsp3) is 0.841. The summed E-state index contributed by atoms with van der Waals surface area (Å²) < 4.78 is 10.6. The maximum absolute atomic E-state index is 12.4. The van der Waals surface area contributed by atoms with Gasteiger partial charge in [0, 0.05) is 31.1 Å². The molecule has 302 valence electrons. The molecule has 0 spiro atoms. The van der Waals surface area contributed by atoms with Gasteiger partial charge in [-0.2, -0.15) is 0 Å². The topological polar surface area (TPSA) is 130 Å². The van der Waals surface area contributed by atoms with Crippen LogP contribution in [0.15, 0.2) is 24.3 Å². The number of esters is 2. The van der Waals surface area contributed by atoms with Crippen molar-refractivity contribution in [1.82, 2.24) is 0 Å². The van der Waals surface area contributed by atoms with Gasteiger partial charge in [0.1, 0.15) is 12.4 Å². The Labute approximate surface area is 317 Å².